The van der Waals surface area contributed by atoms with Crippen molar-refractivity contribution in [2.75, 3.05) is 14.1 Å². The van der Waals surface area contributed by atoms with Crippen molar-refractivity contribution in [2.24, 2.45) is 0 Å². The van der Waals surface area contributed by atoms with E-state index in [0.717, 1.165) is 15.6 Å². The number of halogens is 1. The molecule has 0 radical (unpaired) electrons. The van der Waals surface area contributed by atoms with Crippen LogP contribution in [0.25, 0.3) is 0 Å². The van der Waals surface area contributed by atoms with E-state index >= 15 is 0 Å². The molecule has 2 nitrogen and oxygen atoms in total. The Morgan fingerprint density at radius 1 is 1.33 bits per heavy atom. The van der Waals surface area contributed by atoms with Gasteiger partial charge >= 0.3 is 0 Å². The zero-order valence-electron chi connectivity index (χ0n) is 9.54. The van der Waals surface area contributed by atoms with Crippen molar-refractivity contribution >= 4 is 21.8 Å². The predicted octanol–water partition coefficient (Wildman–Crippen LogP) is 3.27. The molecule has 0 saturated carbocycles. The normalized spacial score (nSPS) is 10.5. The zero-order valence-corrected chi connectivity index (χ0v) is 11.1. The Balaban J connectivity index is 3.23. The molecule has 0 aliphatic rings. The fourth-order valence-electron chi connectivity index (χ4n) is 1.45. The lowest BCUT2D eigenvalue weighted by Gasteiger charge is -2.16. The monoisotopic (exact) mass is 269 g/mol. The lowest BCUT2D eigenvalue weighted by molar-refractivity contribution is 0.0826. The molecule has 1 amide bonds. The van der Waals surface area contributed by atoms with Gasteiger partial charge in [0.1, 0.15) is 0 Å². The van der Waals surface area contributed by atoms with Gasteiger partial charge in [0.05, 0.1) is 0 Å². The van der Waals surface area contributed by atoms with Gasteiger partial charge in [-0.25, -0.2) is 0 Å². The van der Waals surface area contributed by atoms with Crippen molar-refractivity contribution in [3.05, 3.63) is 33.8 Å². The van der Waals surface area contributed by atoms with Gasteiger partial charge in [0.2, 0.25) is 0 Å². The van der Waals surface area contributed by atoms with Crippen LogP contribution >= 0.6 is 15.9 Å². The first-order valence-electron chi connectivity index (χ1n) is 4.94. The molecule has 0 aliphatic carbocycles. The summed E-state index contributed by atoms with van der Waals surface area (Å²) in [5.41, 5.74) is 1.88. The van der Waals surface area contributed by atoms with Gasteiger partial charge in [-0.1, -0.05) is 29.8 Å². The molecule has 0 N–H and O–H groups in total. The molecule has 0 saturated heterocycles. The molecule has 0 atom stereocenters. The third-order valence-corrected chi connectivity index (χ3v) is 2.77. The van der Waals surface area contributed by atoms with Gasteiger partial charge in [-0.2, -0.15) is 0 Å². The molecule has 15 heavy (non-hydrogen) atoms. The largest absolute Gasteiger partial charge is 0.345 e. The molecule has 0 bridgehead atoms. The second-order valence-electron chi connectivity index (χ2n) is 4.09. The summed E-state index contributed by atoms with van der Waals surface area (Å²) in [4.78, 5) is 13.5. The highest BCUT2D eigenvalue weighted by atomic mass is 79.9. The number of hydrogen-bond donors (Lipinski definition) is 0. The Bertz CT molecular complexity index is 372. The lowest BCUT2D eigenvalue weighted by Crippen LogP contribution is -2.23. The van der Waals surface area contributed by atoms with Gasteiger partial charge in [-0.15, -0.1) is 0 Å². The molecule has 0 aromatic heterocycles. The molecule has 1 aromatic carbocycles. The first-order valence-corrected chi connectivity index (χ1v) is 5.74. The summed E-state index contributed by atoms with van der Waals surface area (Å²) in [5, 5.41) is 0. The van der Waals surface area contributed by atoms with Gasteiger partial charge in [-0.3, -0.25) is 4.79 Å². The van der Waals surface area contributed by atoms with E-state index in [0.29, 0.717) is 5.92 Å². The molecular formula is C12H16BrNO. The highest BCUT2D eigenvalue weighted by Crippen LogP contribution is 2.24. The minimum Gasteiger partial charge on any atom is -0.345 e. The number of amides is 1. The SMILES string of the molecule is CC(C)c1cc(Br)ccc1C(=O)N(C)C. The van der Waals surface area contributed by atoms with Crippen molar-refractivity contribution in [2.45, 2.75) is 19.8 Å². The summed E-state index contributed by atoms with van der Waals surface area (Å²) in [6.07, 6.45) is 0. The van der Waals surface area contributed by atoms with Gasteiger partial charge in [-0.05, 0) is 29.7 Å². The second kappa shape index (κ2) is 4.79. The average molecular weight is 270 g/mol. The molecular weight excluding hydrogens is 254 g/mol. The first-order chi connectivity index (χ1) is 6.93. The minimum atomic E-state index is 0.0613. The summed E-state index contributed by atoms with van der Waals surface area (Å²) >= 11 is 3.43. The molecule has 0 aliphatic heterocycles. The van der Waals surface area contributed by atoms with Crippen molar-refractivity contribution in [1.29, 1.82) is 0 Å². The second-order valence-corrected chi connectivity index (χ2v) is 5.00. The summed E-state index contributed by atoms with van der Waals surface area (Å²) in [6, 6.07) is 5.80. The number of rotatable bonds is 2. The maximum Gasteiger partial charge on any atom is 0.253 e. The van der Waals surface area contributed by atoms with Crippen LogP contribution in [-0.4, -0.2) is 24.9 Å². The standard InChI is InChI=1S/C12H16BrNO/c1-8(2)11-7-9(13)5-6-10(11)12(15)14(3)4/h5-8H,1-4H3. The third-order valence-electron chi connectivity index (χ3n) is 2.27. The van der Waals surface area contributed by atoms with E-state index in [1.165, 1.54) is 0 Å². The van der Waals surface area contributed by atoms with Crippen LogP contribution in [0.2, 0.25) is 0 Å². The Labute approximate surface area is 99.4 Å². The van der Waals surface area contributed by atoms with Crippen LogP contribution in [0, 0.1) is 0 Å². The van der Waals surface area contributed by atoms with E-state index in [1.807, 2.05) is 18.2 Å². The maximum atomic E-state index is 11.9. The summed E-state index contributed by atoms with van der Waals surface area (Å²) in [5.74, 6) is 0.410. The number of benzene rings is 1. The van der Waals surface area contributed by atoms with E-state index in [-0.39, 0.29) is 5.91 Å². The first kappa shape index (κ1) is 12.2. The van der Waals surface area contributed by atoms with Crippen LogP contribution in [-0.2, 0) is 0 Å². The summed E-state index contributed by atoms with van der Waals surface area (Å²) in [7, 11) is 3.54. The fraction of sp³-hybridized carbons (Fsp3) is 0.417. The van der Waals surface area contributed by atoms with Crippen LogP contribution in [0.3, 0.4) is 0 Å². The molecule has 0 spiro atoms. The third kappa shape index (κ3) is 2.81. The number of carbonyl (C=O) groups is 1. The lowest BCUT2D eigenvalue weighted by atomic mass is 9.96. The molecule has 82 valence electrons. The van der Waals surface area contributed by atoms with Crippen LogP contribution < -0.4 is 0 Å². The number of hydrogen-bond acceptors (Lipinski definition) is 1. The van der Waals surface area contributed by atoms with Crippen molar-refractivity contribution in [3.8, 4) is 0 Å². The van der Waals surface area contributed by atoms with Crippen LogP contribution in [0.5, 0.6) is 0 Å². The molecule has 1 aromatic rings. The summed E-state index contributed by atoms with van der Waals surface area (Å²) < 4.78 is 1.02. The zero-order chi connectivity index (χ0) is 11.6. The number of carbonyl (C=O) groups excluding carboxylic acids is 1. The predicted molar refractivity (Wildman–Crippen MR) is 66.2 cm³/mol. The smallest absolute Gasteiger partial charge is 0.253 e. The molecule has 0 fully saturated rings. The van der Waals surface area contributed by atoms with Crippen molar-refractivity contribution < 1.29 is 4.79 Å². The van der Waals surface area contributed by atoms with E-state index < -0.39 is 0 Å². The summed E-state index contributed by atoms with van der Waals surface area (Å²) in [6.45, 7) is 4.18. The molecule has 3 heteroatoms. The molecule has 0 unspecified atom stereocenters. The fourth-order valence-corrected chi connectivity index (χ4v) is 1.83. The highest BCUT2D eigenvalue weighted by molar-refractivity contribution is 9.10. The van der Waals surface area contributed by atoms with Gasteiger partial charge in [0.25, 0.3) is 5.91 Å². The maximum absolute atomic E-state index is 11.9. The Morgan fingerprint density at radius 2 is 1.93 bits per heavy atom. The number of nitrogens with zero attached hydrogens (tertiary/aromatic N) is 1. The Morgan fingerprint density at radius 3 is 2.40 bits per heavy atom. The molecule has 0 heterocycles. The van der Waals surface area contributed by atoms with Crippen LogP contribution in [0.4, 0.5) is 0 Å². The van der Waals surface area contributed by atoms with Gasteiger partial charge in [0, 0.05) is 24.1 Å². The van der Waals surface area contributed by atoms with Gasteiger partial charge in [0.15, 0.2) is 0 Å². The quantitative estimate of drug-likeness (QED) is 0.807. The van der Waals surface area contributed by atoms with E-state index in [2.05, 4.69) is 29.8 Å². The van der Waals surface area contributed by atoms with Crippen molar-refractivity contribution in [1.82, 2.24) is 4.90 Å². The minimum absolute atomic E-state index is 0.0613. The van der Waals surface area contributed by atoms with Crippen LogP contribution in [0.15, 0.2) is 22.7 Å². The Hall–Kier alpha value is -0.830. The van der Waals surface area contributed by atoms with E-state index in [1.54, 1.807) is 19.0 Å². The molecule has 1 rings (SSSR count). The van der Waals surface area contributed by atoms with E-state index in [9.17, 15) is 4.79 Å². The topological polar surface area (TPSA) is 20.3 Å². The highest BCUT2D eigenvalue weighted by Gasteiger charge is 2.15. The van der Waals surface area contributed by atoms with Crippen LogP contribution in [0.1, 0.15) is 35.7 Å². The van der Waals surface area contributed by atoms with Crippen molar-refractivity contribution in [3.63, 3.8) is 0 Å². The average Bonchev–Trinajstić information content (AvgIpc) is 2.16. The van der Waals surface area contributed by atoms with Gasteiger partial charge < -0.3 is 4.90 Å². The Kier molecular flexibility index (Phi) is 3.91. The van der Waals surface area contributed by atoms with E-state index in [4.69, 9.17) is 0 Å².